The first-order valence-corrected chi connectivity index (χ1v) is 7.53. The summed E-state index contributed by atoms with van der Waals surface area (Å²) in [5.41, 5.74) is 1.35. The number of fused-ring (bicyclic) bond motifs is 1. The van der Waals surface area contributed by atoms with E-state index in [0.717, 1.165) is 12.8 Å². The predicted octanol–water partition coefficient (Wildman–Crippen LogP) is 1.10. The molecule has 2 heterocycles. The van der Waals surface area contributed by atoms with Gasteiger partial charge >= 0.3 is 5.69 Å². The fraction of sp³-hybridized carbons (Fsp3) is 0.312. The predicted molar refractivity (Wildman–Crippen MR) is 89.9 cm³/mol. The van der Waals surface area contributed by atoms with Crippen molar-refractivity contribution in [1.82, 2.24) is 19.3 Å². The van der Waals surface area contributed by atoms with Crippen LogP contribution in [0.5, 0.6) is 0 Å². The van der Waals surface area contributed by atoms with Crippen molar-refractivity contribution in [1.29, 1.82) is 0 Å². The van der Waals surface area contributed by atoms with Crippen LogP contribution < -0.4 is 16.6 Å². The molecule has 7 heteroatoms. The summed E-state index contributed by atoms with van der Waals surface area (Å²) in [5.74, 6) is 0.533. The van der Waals surface area contributed by atoms with Gasteiger partial charge in [-0.15, -0.1) is 0 Å². The molecule has 0 fully saturated rings. The molecular formula is C16H19N5O2. The lowest BCUT2D eigenvalue weighted by Gasteiger charge is -2.04. The van der Waals surface area contributed by atoms with E-state index in [4.69, 9.17) is 0 Å². The third kappa shape index (κ3) is 2.77. The van der Waals surface area contributed by atoms with Crippen molar-refractivity contribution in [2.75, 3.05) is 12.4 Å². The second-order valence-corrected chi connectivity index (χ2v) is 5.43. The molecule has 0 aliphatic heterocycles. The number of anilines is 1. The van der Waals surface area contributed by atoms with Crippen molar-refractivity contribution in [2.45, 2.75) is 19.4 Å². The second kappa shape index (κ2) is 6.12. The van der Waals surface area contributed by atoms with E-state index in [1.54, 1.807) is 18.8 Å². The van der Waals surface area contributed by atoms with Crippen molar-refractivity contribution in [3.63, 3.8) is 0 Å². The molecule has 1 aromatic carbocycles. The van der Waals surface area contributed by atoms with E-state index in [9.17, 15) is 9.59 Å². The van der Waals surface area contributed by atoms with Gasteiger partial charge < -0.3 is 5.32 Å². The maximum atomic E-state index is 12.2. The minimum absolute atomic E-state index is 0.406. The summed E-state index contributed by atoms with van der Waals surface area (Å²) in [5, 5.41) is 7.38. The van der Waals surface area contributed by atoms with Crippen LogP contribution in [0.1, 0.15) is 12.0 Å². The summed E-state index contributed by atoms with van der Waals surface area (Å²) >= 11 is 0. The van der Waals surface area contributed by atoms with Crippen LogP contribution in [0.15, 0.2) is 39.9 Å². The lowest BCUT2D eigenvalue weighted by Crippen LogP contribution is -2.29. The van der Waals surface area contributed by atoms with Gasteiger partial charge in [-0.05, 0) is 18.4 Å². The number of hydrogen-bond donors (Lipinski definition) is 2. The Balaban J connectivity index is 1.94. The van der Waals surface area contributed by atoms with Gasteiger partial charge in [-0.2, -0.15) is 5.10 Å². The quantitative estimate of drug-likeness (QED) is 0.738. The molecular weight excluding hydrogens is 294 g/mol. The molecule has 120 valence electrons. The molecule has 0 unspecified atom stereocenters. The van der Waals surface area contributed by atoms with Gasteiger partial charge in [-0.25, -0.2) is 4.79 Å². The molecule has 7 nitrogen and oxygen atoms in total. The van der Waals surface area contributed by atoms with Gasteiger partial charge in [0.25, 0.3) is 5.56 Å². The topological polar surface area (TPSA) is 84.7 Å². The Kier molecular flexibility index (Phi) is 4.01. The van der Waals surface area contributed by atoms with Crippen LogP contribution in [-0.2, 0) is 20.0 Å². The molecule has 0 aliphatic carbocycles. The average molecular weight is 313 g/mol. The highest BCUT2D eigenvalue weighted by Gasteiger charge is 2.16. The Labute approximate surface area is 132 Å². The van der Waals surface area contributed by atoms with Gasteiger partial charge in [0.2, 0.25) is 0 Å². The summed E-state index contributed by atoms with van der Waals surface area (Å²) < 4.78 is 3.08. The molecule has 0 amide bonds. The number of nitrogens with zero attached hydrogens (tertiary/aromatic N) is 3. The standard InChI is InChI=1S/C16H19N5O2/c1-17-14-12-13(15(22)18-16(23)20(12)2)21(19-14)10-6-9-11-7-4-3-5-8-11/h3-5,7-8H,6,9-10H2,1-2H3,(H,17,19)(H,18,22,23). The normalized spacial score (nSPS) is 11.0. The first kappa shape index (κ1) is 15.1. The van der Waals surface area contributed by atoms with Crippen molar-refractivity contribution in [3.05, 3.63) is 56.7 Å². The number of aromatic amines is 1. The summed E-state index contributed by atoms with van der Waals surface area (Å²) in [6.45, 7) is 0.606. The smallest absolute Gasteiger partial charge is 0.328 e. The van der Waals surface area contributed by atoms with Crippen LogP contribution in [0.4, 0.5) is 5.82 Å². The average Bonchev–Trinajstić information content (AvgIpc) is 2.93. The first-order chi connectivity index (χ1) is 11.1. The number of hydrogen-bond acceptors (Lipinski definition) is 4. The highest BCUT2D eigenvalue weighted by molar-refractivity contribution is 5.85. The van der Waals surface area contributed by atoms with Crippen LogP contribution >= 0.6 is 0 Å². The van der Waals surface area contributed by atoms with Crippen LogP contribution in [0, 0.1) is 0 Å². The SMILES string of the molecule is CNc1nn(CCCc2ccccc2)c2c(=O)[nH]c(=O)n(C)c12. The number of nitrogens with one attached hydrogen (secondary N) is 2. The van der Waals surface area contributed by atoms with E-state index in [1.165, 1.54) is 10.1 Å². The molecule has 2 aromatic heterocycles. The largest absolute Gasteiger partial charge is 0.370 e. The number of H-pyrrole nitrogens is 1. The van der Waals surface area contributed by atoms with Crippen molar-refractivity contribution < 1.29 is 0 Å². The number of benzene rings is 1. The van der Waals surface area contributed by atoms with Gasteiger partial charge in [0, 0.05) is 20.6 Å². The molecule has 0 saturated heterocycles. The van der Waals surface area contributed by atoms with Gasteiger partial charge in [-0.3, -0.25) is 19.0 Å². The second-order valence-electron chi connectivity index (χ2n) is 5.43. The highest BCUT2D eigenvalue weighted by atomic mass is 16.2. The molecule has 0 aliphatic rings. The Morgan fingerprint density at radius 3 is 2.61 bits per heavy atom. The lowest BCUT2D eigenvalue weighted by atomic mass is 10.1. The number of aromatic nitrogens is 4. The Morgan fingerprint density at radius 2 is 1.91 bits per heavy atom. The van der Waals surface area contributed by atoms with Crippen molar-refractivity contribution in [3.8, 4) is 0 Å². The molecule has 23 heavy (non-hydrogen) atoms. The third-order valence-corrected chi connectivity index (χ3v) is 3.92. The Morgan fingerprint density at radius 1 is 1.17 bits per heavy atom. The van der Waals surface area contributed by atoms with Gasteiger partial charge in [0.15, 0.2) is 11.3 Å². The number of aryl methyl sites for hydroxylation is 3. The molecule has 0 spiro atoms. The summed E-state index contributed by atoms with van der Waals surface area (Å²) in [7, 11) is 3.35. The van der Waals surface area contributed by atoms with E-state index in [0.29, 0.717) is 23.4 Å². The zero-order valence-electron chi connectivity index (χ0n) is 13.2. The minimum atomic E-state index is -0.442. The molecule has 0 saturated carbocycles. The molecule has 3 aromatic rings. The lowest BCUT2D eigenvalue weighted by molar-refractivity contribution is 0.595. The number of rotatable bonds is 5. The van der Waals surface area contributed by atoms with E-state index >= 15 is 0 Å². The molecule has 2 N–H and O–H groups in total. The summed E-state index contributed by atoms with van der Waals surface area (Å²) in [6, 6.07) is 10.2. The monoisotopic (exact) mass is 313 g/mol. The van der Waals surface area contributed by atoms with E-state index < -0.39 is 11.2 Å². The van der Waals surface area contributed by atoms with Crippen LogP contribution in [-0.4, -0.2) is 26.4 Å². The minimum Gasteiger partial charge on any atom is -0.370 e. The maximum Gasteiger partial charge on any atom is 0.328 e. The zero-order chi connectivity index (χ0) is 16.4. The molecule has 3 rings (SSSR count). The maximum absolute atomic E-state index is 12.2. The van der Waals surface area contributed by atoms with E-state index in [2.05, 4.69) is 27.5 Å². The van der Waals surface area contributed by atoms with Gasteiger partial charge in [0.05, 0.1) is 0 Å². The van der Waals surface area contributed by atoms with E-state index in [-0.39, 0.29) is 0 Å². The third-order valence-electron chi connectivity index (χ3n) is 3.92. The summed E-state index contributed by atoms with van der Waals surface area (Å²) in [4.78, 5) is 26.3. The molecule has 0 bridgehead atoms. The summed E-state index contributed by atoms with van der Waals surface area (Å²) in [6.07, 6.45) is 1.76. The first-order valence-electron chi connectivity index (χ1n) is 7.53. The van der Waals surface area contributed by atoms with Gasteiger partial charge in [-0.1, -0.05) is 30.3 Å². The fourth-order valence-corrected chi connectivity index (χ4v) is 2.74. The fourth-order valence-electron chi connectivity index (χ4n) is 2.74. The zero-order valence-corrected chi connectivity index (χ0v) is 13.2. The van der Waals surface area contributed by atoms with Gasteiger partial charge in [0.1, 0.15) is 5.52 Å². The van der Waals surface area contributed by atoms with Crippen LogP contribution in [0.25, 0.3) is 11.0 Å². The van der Waals surface area contributed by atoms with Crippen molar-refractivity contribution in [2.24, 2.45) is 7.05 Å². The van der Waals surface area contributed by atoms with E-state index in [1.807, 2.05) is 18.2 Å². The van der Waals surface area contributed by atoms with Crippen LogP contribution in [0.2, 0.25) is 0 Å². The van der Waals surface area contributed by atoms with Crippen LogP contribution in [0.3, 0.4) is 0 Å². The molecule has 0 radical (unpaired) electrons. The Hall–Kier alpha value is -2.83. The highest BCUT2D eigenvalue weighted by Crippen LogP contribution is 2.18. The molecule has 0 atom stereocenters. The Bertz CT molecular complexity index is 937. The van der Waals surface area contributed by atoms with Crippen molar-refractivity contribution >= 4 is 16.9 Å².